The number of benzene rings is 2. The molecule has 0 aliphatic carbocycles. The van der Waals surface area contributed by atoms with Crippen LogP contribution >= 0.6 is 0 Å². The highest BCUT2D eigenvalue weighted by Crippen LogP contribution is 2.19. The van der Waals surface area contributed by atoms with Crippen molar-refractivity contribution in [2.75, 3.05) is 0 Å². The number of amides is 3. The molecule has 5 atom stereocenters. The second-order valence-electron chi connectivity index (χ2n) is 10.4. The van der Waals surface area contributed by atoms with Crippen LogP contribution < -0.4 is 21.7 Å². The van der Waals surface area contributed by atoms with Crippen molar-refractivity contribution in [2.24, 2.45) is 11.7 Å². The Hall–Kier alpha value is -4.42. The average molecular weight is 568 g/mol. The van der Waals surface area contributed by atoms with Crippen LogP contribution in [-0.4, -0.2) is 74.3 Å². The molecular weight excluding hydrogens is 530 g/mol. The number of aromatic amines is 1. The number of aromatic hydroxyl groups is 1. The van der Waals surface area contributed by atoms with Gasteiger partial charge in [-0.3, -0.25) is 14.4 Å². The van der Waals surface area contributed by atoms with Gasteiger partial charge in [0.1, 0.15) is 29.9 Å². The summed E-state index contributed by atoms with van der Waals surface area (Å²) in [5.74, 6) is -3.82. The van der Waals surface area contributed by atoms with Gasteiger partial charge in [0, 0.05) is 29.9 Å². The fraction of sp³-hybridized carbons (Fsp3) is 0.379. The number of aliphatic hydroxyl groups excluding tert-OH is 1. The number of phenols is 1. The van der Waals surface area contributed by atoms with E-state index in [1.54, 1.807) is 32.2 Å². The zero-order chi connectivity index (χ0) is 30.3. The summed E-state index contributed by atoms with van der Waals surface area (Å²) in [5, 5.41) is 37.7. The highest BCUT2D eigenvalue weighted by atomic mass is 16.4. The predicted molar refractivity (Wildman–Crippen MR) is 152 cm³/mol. The zero-order valence-electron chi connectivity index (χ0n) is 23.1. The van der Waals surface area contributed by atoms with Gasteiger partial charge >= 0.3 is 5.97 Å². The number of rotatable bonds is 13. The van der Waals surface area contributed by atoms with Gasteiger partial charge in [-0.2, -0.15) is 0 Å². The number of carbonyl (C=O) groups is 4. The Morgan fingerprint density at radius 3 is 2.10 bits per heavy atom. The Morgan fingerprint density at radius 1 is 0.854 bits per heavy atom. The number of carboxylic acid groups (broad SMARTS) is 1. The van der Waals surface area contributed by atoms with Crippen molar-refractivity contribution in [3.05, 3.63) is 65.9 Å². The van der Waals surface area contributed by atoms with Gasteiger partial charge in [-0.1, -0.05) is 44.2 Å². The fourth-order valence-corrected chi connectivity index (χ4v) is 4.33. The fourth-order valence-electron chi connectivity index (χ4n) is 4.33. The van der Waals surface area contributed by atoms with Gasteiger partial charge in [-0.25, -0.2) is 4.79 Å². The lowest BCUT2D eigenvalue weighted by Crippen LogP contribution is -2.59. The molecular formula is C29H37N5O7. The summed E-state index contributed by atoms with van der Waals surface area (Å²) >= 11 is 0. The normalized spacial score (nSPS) is 15.0. The summed E-state index contributed by atoms with van der Waals surface area (Å²) in [4.78, 5) is 54.5. The first-order valence-corrected chi connectivity index (χ1v) is 13.3. The van der Waals surface area contributed by atoms with Crippen molar-refractivity contribution in [3.63, 3.8) is 0 Å². The van der Waals surface area contributed by atoms with Gasteiger partial charge in [-0.15, -0.1) is 0 Å². The van der Waals surface area contributed by atoms with Crippen LogP contribution in [0.5, 0.6) is 5.75 Å². The molecule has 41 heavy (non-hydrogen) atoms. The Morgan fingerprint density at radius 2 is 1.49 bits per heavy atom. The molecule has 5 unspecified atom stereocenters. The number of aromatic nitrogens is 1. The maximum absolute atomic E-state index is 13.5. The van der Waals surface area contributed by atoms with Crippen molar-refractivity contribution in [3.8, 4) is 5.75 Å². The molecule has 3 aromatic rings. The standard InChI is InChI=1S/C29H37N5O7/c1-15(2)25(34-27(38)24(30)16(3)35)28(39)32-22(12-17-8-10-19(36)11-9-17)26(37)33-23(29(40)41)13-18-14-31-21-7-5-4-6-20(18)21/h4-11,14-16,22-25,31,35-36H,12-13,30H2,1-3H3,(H,32,39)(H,33,37)(H,34,38)(H,40,41). The van der Waals surface area contributed by atoms with E-state index in [9.17, 15) is 34.5 Å². The predicted octanol–water partition coefficient (Wildman–Crippen LogP) is 0.562. The first-order chi connectivity index (χ1) is 19.4. The molecule has 0 aliphatic rings. The van der Waals surface area contributed by atoms with Gasteiger partial charge in [0.15, 0.2) is 0 Å². The first-order valence-electron chi connectivity index (χ1n) is 13.3. The van der Waals surface area contributed by atoms with Gasteiger partial charge in [0.25, 0.3) is 0 Å². The number of para-hydroxylation sites is 1. The first kappa shape index (κ1) is 31.1. The van der Waals surface area contributed by atoms with E-state index in [-0.39, 0.29) is 18.6 Å². The van der Waals surface area contributed by atoms with E-state index < -0.39 is 59.9 Å². The van der Waals surface area contributed by atoms with E-state index in [0.717, 1.165) is 10.9 Å². The average Bonchev–Trinajstić information content (AvgIpc) is 3.33. The molecule has 2 aromatic carbocycles. The largest absolute Gasteiger partial charge is 0.508 e. The molecule has 3 rings (SSSR count). The van der Waals surface area contributed by atoms with Crippen molar-refractivity contribution < 1.29 is 34.5 Å². The highest BCUT2D eigenvalue weighted by molar-refractivity contribution is 5.94. The number of fused-ring (bicyclic) bond motifs is 1. The Bertz CT molecular complexity index is 1370. The number of aliphatic carboxylic acids is 1. The van der Waals surface area contributed by atoms with E-state index in [0.29, 0.717) is 11.1 Å². The lowest BCUT2D eigenvalue weighted by Gasteiger charge is -2.27. The summed E-state index contributed by atoms with van der Waals surface area (Å²) in [6.45, 7) is 4.73. The number of carbonyl (C=O) groups excluding carboxylic acids is 3. The molecule has 12 nitrogen and oxygen atoms in total. The van der Waals surface area contributed by atoms with Crippen LogP contribution in [0.25, 0.3) is 10.9 Å². The maximum Gasteiger partial charge on any atom is 0.326 e. The van der Waals surface area contributed by atoms with Gasteiger partial charge in [-0.05, 0) is 42.2 Å². The van der Waals surface area contributed by atoms with Gasteiger partial charge in [0.2, 0.25) is 17.7 Å². The second kappa shape index (κ2) is 13.8. The van der Waals surface area contributed by atoms with Gasteiger partial charge in [0.05, 0.1) is 6.10 Å². The lowest BCUT2D eigenvalue weighted by atomic mass is 9.99. The zero-order valence-corrected chi connectivity index (χ0v) is 23.1. The molecule has 220 valence electrons. The number of aliphatic hydroxyl groups is 1. The molecule has 0 bridgehead atoms. The summed E-state index contributed by atoms with van der Waals surface area (Å²) < 4.78 is 0. The molecule has 0 saturated carbocycles. The van der Waals surface area contributed by atoms with E-state index >= 15 is 0 Å². The smallest absolute Gasteiger partial charge is 0.326 e. The minimum absolute atomic E-state index is 0.00707. The van der Waals surface area contributed by atoms with Crippen molar-refractivity contribution in [2.45, 2.75) is 63.9 Å². The number of hydrogen-bond donors (Lipinski definition) is 8. The molecule has 0 fully saturated rings. The number of nitrogens with two attached hydrogens (primary N) is 1. The topological polar surface area (TPSA) is 207 Å². The summed E-state index contributed by atoms with van der Waals surface area (Å²) in [5.41, 5.74) is 7.83. The molecule has 12 heteroatoms. The van der Waals surface area contributed by atoms with Crippen LogP contribution in [0, 0.1) is 5.92 Å². The minimum atomic E-state index is -1.30. The molecule has 0 saturated heterocycles. The third-order valence-corrected chi connectivity index (χ3v) is 6.79. The molecule has 3 amide bonds. The monoisotopic (exact) mass is 567 g/mol. The Balaban J connectivity index is 1.83. The molecule has 0 radical (unpaired) electrons. The van der Waals surface area contributed by atoms with Crippen molar-refractivity contribution in [1.29, 1.82) is 0 Å². The number of carboxylic acids is 1. The van der Waals surface area contributed by atoms with Gasteiger partial charge < -0.3 is 42.0 Å². The van der Waals surface area contributed by atoms with Crippen molar-refractivity contribution in [1.82, 2.24) is 20.9 Å². The third-order valence-electron chi connectivity index (χ3n) is 6.79. The maximum atomic E-state index is 13.5. The van der Waals surface area contributed by atoms with E-state index in [1.165, 1.54) is 19.1 Å². The number of hydrogen-bond acceptors (Lipinski definition) is 7. The quantitative estimate of drug-likeness (QED) is 0.146. The molecule has 1 heterocycles. The van der Waals surface area contributed by atoms with Crippen LogP contribution in [0.1, 0.15) is 31.9 Å². The Labute approximate surface area is 237 Å². The summed E-state index contributed by atoms with van der Waals surface area (Å²) in [6, 6.07) is 8.51. The van der Waals surface area contributed by atoms with E-state index in [2.05, 4.69) is 20.9 Å². The van der Waals surface area contributed by atoms with Crippen LogP contribution in [0.2, 0.25) is 0 Å². The van der Waals surface area contributed by atoms with Crippen LogP contribution in [-0.2, 0) is 32.0 Å². The van der Waals surface area contributed by atoms with E-state index in [4.69, 9.17) is 5.73 Å². The third kappa shape index (κ3) is 8.29. The number of nitrogens with one attached hydrogen (secondary N) is 4. The minimum Gasteiger partial charge on any atom is -0.508 e. The molecule has 9 N–H and O–H groups in total. The van der Waals surface area contributed by atoms with Crippen LogP contribution in [0.15, 0.2) is 54.7 Å². The highest BCUT2D eigenvalue weighted by Gasteiger charge is 2.32. The van der Waals surface area contributed by atoms with Crippen LogP contribution in [0.4, 0.5) is 0 Å². The molecule has 0 aliphatic heterocycles. The van der Waals surface area contributed by atoms with Crippen molar-refractivity contribution >= 4 is 34.6 Å². The van der Waals surface area contributed by atoms with E-state index in [1.807, 2.05) is 24.3 Å². The number of phenolic OH excluding ortho intramolecular Hbond substituents is 1. The SMILES string of the molecule is CC(C)C(NC(=O)C(N)C(C)O)C(=O)NC(Cc1ccc(O)cc1)C(=O)NC(Cc1c[nH]c2ccccc12)C(=O)O. The number of H-pyrrole nitrogens is 1. The summed E-state index contributed by atoms with van der Waals surface area (Å²) in [7, 11) is 0. The lowest BCUT2D eigenvalue weighted by molar-refractivity contribution is -0.142. The summed E-state index contributed by atoms with van der Waals surface area (Å²) in [6.07, 6.45) is 0.510. The second-order valence-corrected chi connectivity index (χ2v) is 10.4. The van der Waals surface area contributed by atoms with Crippen LogP contribution in [0.3, 0.4) is 0 Å². The molecule has 0 spiro atoms. The molecule has 1 aromatic heterocycles. The Kier molecular flexibility index (Phi) is 10.5.